The molecule has 0 amide bonds. The Balaban J connectivity index is 1.45. The summed E-state index contributed by atoms with van der Waals surface area (Å²) < 4.78 is 6.97. The molecule has 32 heavy (non-hydrogen) atoms. The smallest absolute Gasteiger partial charge is 0.343 e. The summed E-state index contributed by atoms with van der Waals surface area (Å²) in [6.45, 7) is 2.87. The highest BCUT2D eigenvalue weighted by Crippen LogP contribution is 2.41. The van der Waals surface area contributed by atoms with E-state index in [4.69, 9.17) is 4.74 Å². The van der Waals surface area contributed by atoms with Crippen LogP contribution < -0.4 is 0 Å². The van der Waals surface area contributed by atoms with Gasteiger partial charge in [0, 0.05) is 31.2 Å². The molecule has 2 aliphatic rings. The molecule has 1 N–H and O–H groups in total. The van der Waals surface area contributed by atoms with Gasteiger partial charge in [-0.15, -0.1) is 0 Å². The molecule has 5 nitrogen and oxygen atoms in total. The van der Waals surface area contributed by atoms with Crippen LogP contribution in [-0.2, 0) is 21.6 Å². The van der Waals surface area contributed by atoms with E-state index >= 15 is 0 Å². The Morgan fingerprint density at radius 2 is 1.88 bits per heavy atom. The van der Waals surface area contributed by atoms with Gasteiger partial charge in [0.1, 0.15) is 6.54 Å². The van der Waals surface area contributed by atoms with Crippen molar-refractivity contribution in [2.24, 2.45) is 5.92 Å². The average molecular weight is 438 g/mol. The molecular weight excluding hydrogens is 400 g/mol. The van der Waals surface area contributed by atoms with Gasteiger partial charge in [0.2, 0.25) is 0 Å². The molecule has 3 atom stereocenters. The lowest BCUT2D eigenvalue weighted by atomic mass is 9.73. The number of hydrogen-bond donors (Lipinski definition) is 1. The highest BCUT2D eigenvalue weighted by Gasteiger charge is 2.48. The van der Waals surface area contributed by atoms with Crippen molar-refractivity contribution >= 4 is 5.97 Å². The number of piperidine rings is 1. The standard InChI is InChI=1S/C27H37N2O3/c1-29(19-16-22-10-8-17-28-20-22)18-9-15-25(21-29)32-26(30)27(31,23-11-4-2-5-12-23)24-13-6-3-7-14-24/h2,4-5,8,10-12,17,20,24-25,31H,3,6-7,9,13-16,18-19,21H2,1H3/q+1/t25-,27?,29?/m1/s1. The predicted octanol–water partition coefficient (Wildman–Crippen LogP) is 4.24. The molecule has 0 bridgehead atoms. The summed E-state index contributed by atoms with van der Waals surface area (Å²) >= 11 is 0. The van der Waals surface area contributed by atoms with Crippen molar-refractivity contribution in [1.82, 2.24) is 4.98 Å². The summed E-state index contributed by atoms with van der Waals surface area (Å²) in [5, 5.41) is 11.8. The average Bonchev–Trinajstić information content (AvgIpc) is 2.84. The zero-order chi connectivity index (χ0) is 22.4. The fourth-order valence-electron chi connectivity index (χ4n) is 5.59. The van der Waals surface area contributed by atoms with E-state index in [0.717, 1.165) is 69.1 Å². The Morgan fingerprint density at radius 1 is 1.09 bits per heavy atom. The van der Waals surface area contributed by atoms with Crippen molar-refractivity contribution in [2.75, 3.05) is 26.7 Å². The molecule has 2 heterocycles. The Morgan fingerprint density at radius 3 is 2.59 bits per heavy atom. The van der Waals surface area contributed by atoms with Gasteiger partial charge in [0.05, 0.1) is 20.1 Å². The van der Waals surface area contributed by atoms with E-state index in [2.05, 4.69) is 18.1 Å². The second-order valence-electron chi connectivity index (χ2n) is 10.00. The van der Waals surface area contributed by atoms with E-state index in [0.29, 0.717) is 5.56 Å². The molecule has 1 saturated heterocycles. The molecule has 2 fully saturated rings. The molecule has 4 rings (SSSR count). The fourth-order valence-corrected chi connectivity index (χ4v) is 5.59. The summed E-state index contributed by atoms with van der Waals surface area (Å²) in [6.07, 6.45) is 11.4. The van der Waals surface area contributed by atoms with Crippen molar-refractivity contribution in [3.8, 4) is 0 Å². The quantitative estimate of drug-likeness (QED) is 0.520. The first-order valence-electron chi connectivity index (χ1n) is 12.2. The number of esters is 1. The van der Waals surface area contributed by atoms with Crippen LogP contribution in [0.4, 0.5) is 0 Å². The lowest BCUT2D eigenvalue weighted by Gasteiger charge is -2.42. The lowest BCUT2D eigenvalue weighted by molar-refractivity contribution is -0.916. The van der Waals surface area contributed by atoms with Gasteiger partial charge in [-0.3, -0.25) is 4.98 Å². The minimum absolute atomic E-state index is 0.0822. The molecular formula is C27H37N2O3+. The number of nitrogens with zero attached hydrogens (tertiary/aromatic N) is 2. The number of likely N-dealkylation sites (tertiary alicyclic amines) is 1. The Hall–Kier alpha value is -2.24. The Kier molecular flexibility index (Phi) is 7.27. The monoisotopic (exact) mass is 437 g/mol. The summed E-state index contributed by atoms with van der Waals surface area (Å²) in [7, 11) is 2.25. The van der Waals surface area contributed by atoms with Crippen LogP contribution in [0.1, 0.15) is 56.1 Å². The number of pyridine rings is 1. The number of quaternary nitrogens is 1. The van der Waals surface area contributed by atoms with Crippen LogP contribution in [0.15, 0.2) is 54.9 Å². The summed E-state index contributed by atoms with van der Waals surface area (Å²) in [4.78, 5) is 17.8. The SMILES string of the molecule is C[N+]1(CCc2cccnc2)CCC[C@@H](OC(=O)C(O)(c2ccccc2)C2CCCCC2)C1. The number of ether oxygens (including phenoxy) is 1. The summed E-state index contributed by atoms with van der Waals surface area (Å²) in [5.74, 6) is -0.539. The molecule has 2 aromatic rings. The number of likely N-dealkylation sites (N-methyl/N-ethyl adjacent to an activating group) is 1. The number of rotatable bonds is 7. The predicted molar refractivity (Wildman–Crippen MR) is 125 cm³/mol. The lowest BCUT2D eigenvalue weighted by Crippen LogP contribution is -2.56. The fraction of sp³-hybridized carbons (Fsp3) is 0.556. The van der Waals surface area contributed by atoms with Gasteiger partial charge in [-0.05, 0) is 36.5 Å². The summed E-state index contributed by atoms with van der Waals surface area (Å²) in [6, 6.07) is 13.5. The van der Waals surface area contributed by atoms with E-state index in [9.17, 15) is 9.90 Å². The van der Waals surface area contributed by atoms with Gasteiger partial charge >= 0.3 is 5.97 Å². The van der Waals surface area contributed by atoms with E-state index in [1.54, 1.807) is 6.20 Å². The van der Waals surface area contributed by atoms with Crippen LogP contribution in [0.25, 0.3) is 0 Å². The van der Waals surface area contributed by atoms with Crippen molar-refractivity contribution in [3.05, 3.63) is 66.0 Å². The molecule has 0 spiro atoms. The molecule has 5 heteroatoms. The van der Waals surface area contributed by atoms with Crippen molar-refractivity contribution in [1.29, 1.82) is 0 Å². The zero-order valence-electron chi connectivity index (χ0n) is 19.3. The number of hydrogen-bond acceptors (Lipinski definition) is 4. The van der Waals surface area contributed by atoms with Crippen LogP contribution in [0.2, 0.25) is 0 Å². The van der Waals surface area contributed by atoms with Crippen LogP contribution in [0.3, 0.4) is 0 Å². The van der Waals surface area contributed by atoms with Gasteiger partial charge in [0.25, 0.3) is 0 Å². The van der Waals surface area contributed by atoms with Crippen LogP contribution in [0, 0.1) is 5.92 Å². The number of carbonyl (C=O) groups is 1. The van der Waals surface area contributed by atoms with E-state index in [1.807, 2.05) is 42.6 Å². The minimum atomic E-state index is -1.56. The second kappa shape index (κ2) is 10.1. The molecule has 1 aromatic heterocycles. The molecule has 2 unspecified atom stereocenters. The topological polar surface area (TPSA) is 59.4 Å². The number of aromatic nitrogens is 1. The largest absolute Gasteiger partial charge is 0.454 e. The van der Waals surface area contributed by atoms with Gasteiger partial charge in [0.15, 0.2) is 11.7 Å². The van der Waals surface area contributed by atoms with E-state index in [-0.39, 0.29) is 12.0 Å². The third-order valence-corrected chi connectivity index (χ3v) is 7.53. The second-order valence-corrected chi connectivity index (χ2v) is 10.00. The van der Waals surface area contributed by atoms with E-state index in [1.165, 1.54) is 12.0 Å². The highest BCUT2D eigenvalue weighted by atomic mass is 16.6. The maximum absolute atomic E-state index is 13.5. The van der Waals surface area contributed by atoms with Crippen molar-refractivity contribution in [3.63, 3.8) is 0 Å². The number of benzene rings is 1. The van der Waals surface area contributed by atoms with Gasteiger partial charge in [-0.25, -0.2) is 4.79 Å². The van der Waals surface area contributed by atoms with Gasteiger partial charge in [-0.2, -0.15) is 0 Å². The third kappa shape index (κ3) is 5.21. The maximum atomic E-state index is 13.5. The van der Waals surface area contributed by atoms with Crippen molar-refractivity contribution in [2.45, 2.75) is 63.1 Å². The zero-order valence-corrected chi connectivity index (χ0v) is 19.3. The number of carbonyl (C=O) groups excluding carboxylic acids is 1. The molecule has 0 radical (unpaired) electrons. The molecule has 1 aromatic carbocycles. The van der Waals surface area contributed by atoms with Crippen LogP contribution in [-0.4, -0.2) is 53.3 Å². The molecule has 1 aliphatic heterocycles. The first-order chi connectivity index (χ1) is 15.5. The Bertz CT molecular complexity index is 869. The normalized spacial score (nSPS) is 26.2. The molecule has 1 aliphatic carbocycles. The first kappa shape index (κ1) is 22.9. The molecule has 172 valence electrons. The van der Waals surface area contributed by atoms with Crippen molar-refractivity contribution < 1.29 is 19.1 Å². The third-order valence-electron chi connectivity index (χ3n) is 7.53. The van der Waals surface area contributed by atoms with Crippen LogP contribution in [0.5, 0.6) is 0 Å². The maximum Gasteiger partial charge on any atom is 0.343 e. The molecule has 1 saturated carbocycles. The minimum Gasteiger partial charge on any atom is -0.454 e. The van der Waals surface area contributed by atoms with E-state index < -0.39 is 11.6 Å². The number of aliphatic hydroxyl groups is 1. The van der Waals surface area contributed by atoms with Gasteiger partial charge < -0.3 is 14.3 Å². The summed E-state index contributed by atoms with van der Waals surface area (Å²) in [5.41, 5.74) is 0.348. The highest BCUT2D eigenvalue weighted by molar-refractivity contribution is 5.81. The van der Waals surface area contributed by atoms with Gasteiger partial charge in [-0.1, -0.05) is 55.7 Å². The Labute approximate surface area is 192 Å². The van der Waals surface area contributed by atoms with Crippen LogP contribution >= 0.6 is 0 Å². The first-order valence-corrected chi connectivity index (χ1v) is 12.2.